The van der Waals surface area contributed by atoms with Crippen molar-refractivity contribution in [2.24, 2.45) is 0 Å². The predicted molar refractivity (Wildman–Crippen MR) is 83.2 cm³/mol. The molecule has 1 aromatic heterocycles. The van der Waals surface area contributed by atoms with Gasteiger partial charge in [-0.25, -0.2) is 0 Å². The Balaban J connectivity index is 0.00000176. The largest absolute Gasteiger partial charge is 1.00 e. The Morgan fingerprint density at radius 1 is 1.00 bits per heavy atom. The van der Waals surface area contributed by atoms with Crippen molar-refractivity contribution in [2.45, 2.75) is 50.0 Å². The minimum atomic E-state index is -4.21. The minimum Gasteiger partial charge on any atom is -1.00 e. The van der Waals surface area contributed by atoms with E-state index in [9.17, 15) is 13.2 Å². The van der Waals surface area contributed by atoms with Gasteiger partial charge in [-0.1, -0.05) is 37.3 Å². The van der Waals surface area contributed by atoms with E-state index in [1.54, 1.807) is 18.2 Å². The quantitative estimate of drug-likeness (QED) is 0.523. The maximum atomic E-state index is 13.6. The highest BCUT2D eigenvalue weighted by Crippen LogP contribution is 2.55. The van der Waals surface area contributed by atoms with Gasteiger partial charge >= 0.3 is 5.51 Å². The molecule has 0 N–H and O–H groups in total. The molecule has 0 bridgehead atoms. The van der Waals surface area contributed by atoms with E-state index in [0.29, 0.717) is 20.0 Å². The van der Waals surface area contributed by atoms with Gasteiger partial charge in [0.25, 0.3) is 0 Å². The summed E-state index contributed by atoms with van der Waals surface area (Å²) < 4.78 is 41.2. The monoisotopic (exact) mass is 368 g/mol. The van der Waals surface area contributed by atoms with E-state index in [-0.39, 0.29) is 18.3 Å². The highest BCUT2D eigenvalue weighted by atomic mass is 35.5. The Morgan fingerprint density at radius 2 is 1.64 bits per heavy atom. The fraction of sp³-hybridized carbons (Fsp3) is 0.500. The van der Waals surface area contributed by atoms with Crippen molar-refractivity contribution in [2.75, 3.05) is 0 Å². The molecule has 0 radical (unpaired) electrons. The van der Waals surface area contributed by atoms with Crippen molar-refractivity contribution in [3.8, 4) is 0 Å². The van der Waals surface area contributed by atoms with Gasteiger partial charge in [-0.15, -0.1) is 13.2 Å². The van der Waals surface area contributed by atoms with Gasteiger partial charge in [0, 0.05) is 28.5 Å². The molecule has 1 unspecified atom stereocenters. The normalized spacial score (nSPS) is 18.1. The SMILES string of the molecule is FC(F)(F)[s+]1c(C2CCCCCC2)cc2ccc(Cl)cc21.[Cl-]. The summed E-state index contributed by atoms with van der Waals surface area (Å²) in [5.74, 6) is 0.0728. The van der Waals surface area contributed by atoms with Crippen LogP contribution in [0.5, 0.6) is 0 Å². The first-order valence-corrected chi connectivity index (χ1v) is 8.89. The number of rotatable bonds is 1. The van der Waals surface area contributed by atoms with Crippen molar-refractivity contribution in [1.82, 2.24) is 0 Å². The third kappa shape index (κ3) is 3.55. The van der Waals surface area contributed by atoms with E-state index < -0.39 is 16.0 Å². The van der Waals surface area contributed by atoms with Crippen LogP contribution in [-0.2, 0) is 5.51 Å². The van der Waals surface area contributed by atoms with Crippen LogP contribution in [0.1, 0.15) is 49.3 Å². The predicted octanol–water partition coefficient (Wildman–Crippen LogP) is 4.16. The average molecular weight is 369 g/mol. The van der Waals surface area contributed by atoms with E-state index in [1.165, 1.54) is 6.07 Å². The summed E-state index contributed by atoms with van der Waals surface area (Å²) in [5, 5.41) is 1.07. The second-order valence-corrected chi connectivity index (χ2v) is 8.09. The van der Waals surface area contributed by atoms with Crippen LogP contribution in [0.15, 0.2) is 24.3 Å². The summed E-state index contributed by atoms with van der Waals surface area (Å²) in [6, 6.07) is 6.66. The molecular weight excluding hydrogens is 352 g/mol. The lowest BCUT2D eigenvalue weighted by atomic mass is 9.98. The van der Waals surface area contributed by atoms with Gasteiger partial charge in [0.15, 0.2) is 9.58 Å². The van der Waals surface area contributed by atoms with Gasteiger partial charge in [0.2, 0.25) is 0 Å². The van der Waals surface area contributed by atoms with Gasteiger partial charge in [-0.2, -0.15) is 0 Å². The summed E-state index contributed by atoms with van der Waals surface area (Å²) >= 11 is 5.91. The van der Waals surface area contributed by atoms with Gasteiger partial charge in [-0.3, -0.25) is 0 Å². The summed E-state index contributed by atoms with van der Waals surface area (Å²) in [6.07, 6.45) is 6.12. The first-order valence-electron chi connectivity index (χ1n) is 7.29. The summed E-state index contributed by atoms with van der Waals surface area (Å²) in [5.41, 5.74) is -4.21. The molecule has 122 valence electrons. The number of thiophene rings is 1. The molecule has 22 heavy (non-hydrogen) atoms. The fourth-order valence-electron chi connectivity index (χ4n) is 3.25. The third-order valence-electron chi connectivity index (χ3n) is 4.22. The number of alkyl halides is 3. The number of hydrogen-bond acceptors (Lipinski definition) is 0. The molecular formula is C16H17Cl2F3S. The second kappa shape index (κ2) is 6.98. The molecule has 1 aliphatic rings. The van der Waals surface area contributed by atoms with Crippen LogP contribution in [0, 0.1) is 0 Å². The number of hydrogen-bond donors (Lipinski definition) is 0. The number of fused-ring (bicyclic) bond motifs is 1. The Labute approximate surface area is 142 Å². The summed E-state index contributed by atoms with van der Waals surface area (Å²) in [4.78, 5) is 0.585. The molecule has 0 amide bonds. The first-order chi connectivity index (χ1) is 9.97. The standard InChI is InChI=1S/C16H17ClF3S.ClH/c17-13-8-7-12-9-14(11-5-3-1-2-4-6-11)21(15(12)10-13)16(18,19)20;/h7-11H,1-6H2;1H/q+1;/p-1. The van der Waals surface area contributed by atoms with Gasteiger partial charge in [-0.05, 0) is 25.0 Å². The zero-order valence-corrected chi connectivity index (χ0v) is 14.3. The molecule has 0 aliphatic heterocycles. The molecule has 1 saturated carbocycles. The van der Waals surface area contributed by atoms with Gasteiger partial charge in [0.05, 0.1) is 10.5 Å². The Morgan fingerprint density at radius 3 is 2.23 bits per heavy atom. The number of benzene rings is 1. The molecule has 2 aromatic rings. The van der Waals surface area contributed by atoms with Crippen molar-refractivity contribution in [1.29, 1.82) is 0 Å². The van der Waals surface area contributed by atoms with Crippen LogP contribution in [-0.4, -0.2) is 0 Å². The maximum absolute atomic E-state index is 13.6. The zero-order chi connectivity index (χ0) is 15.0. The van der Waals surface area contributed by atoms with Crippen LogP contribution in [0.2, 0.25) is 5.02 Å². The van der Waals surface area contributed by atoms with Gasteiger partial charge in [0.1, 0.15) is 0 Å². The van der Waals surface area contributed by atoms with Crippen LogP contribution in [0.3, 0.4) is 0 Å². The Kier molecular flexibility index (Phi) is 5.68. The lowest BCUT2D eigenvalue weighted by molar-refractivity contribution is -0.0868. The minimum absolute atomic E-state index is 0. The molecule has 0 saturated heterocycles. The van der Waals surface area contributed by atoms with Gasteiger partial charge < -0.3 is 12.4 Å². The van der Waals surface area contributed by atoms with Crippen LogP contribution in [0.25, 0.3) is 10.1 Å². The topological polar surface area (TPSA) is 0 Å². The second-order valence-electron chi connectivity index (χ2n) is 5.67. The molecule has 1 atom stereocenters. The van der Waals surface area contributed by atoms with Crippen molar-refractivity contribution >= 4 is 32.2 Å². The van der Waals surface area contributed by atoms with Crippen molar-refractivity contribution in [3.63, 3.8) is 0 Å². The maximum Gasteiger partial charge on any atom is 0.600 e. The van der Waals surface area contributed by atoms with Crippen LogP contribution in [0.4, 0.5) is 13.2 Å². The molecule has 3 rings (SSSR count). The fourth-order valence-corrected chi connectivity index (χ4v) is 5.68. The molecule has 1 fully saturated rings. The zero-order valence-electron chi connectivity index (χ0n) is 11.9. The Bertz CT molecular complexity index is 641. The van der Waals surface area contributed by atoms with E-state index in [2.05, 4.69) is 0 Å². The third-order valence-corrected chi connectivity index (χ3v) is 6.63. The molecule has 1 heterocycles. The van der Waals surface area contributed by atoms with Crippen molar-refractivity contribution < 1.29 is 25.6 Å². The molecule has 1 aromatic carbocycles. The van der Waals surface area contributed by atoms with E-state index in [4.69, 9.17) is 11.6 Å². The summed E-state index contributed by atoms with van der Waals surface area (Å²) in [6.45, 7) is 0. The number of halogens is 5. The smallest absolute Gasteiger partial charge is 0.600 e. The molecule has 1 aliphatic carbocycles. The lowest BCUT2D eigenvalue weighted by Gasteiger charge is -2.10. The average Bonchev–Trinajstić information content (AvgIpc) is 2.59. The lowest BCUT2D eigenvalue weighted by Crippen LogP contribution is -3.00. The van der Waals surface area contributed by atoms with Crippen LogP contribution < -0.4 is 12.4 Å². The first kappa shape index (κ1) is 17.9. The summed E-state index contributed by atoms with van der Waals surface area (Å²) in [7, 11) is -1.80. The highest BCUT2D eigenvalue weighted by molar-refractivity contribution is 7.38. The molecule has 0 nitrogen and oxygen atoms in total. The molecule has 6 heteroatoms. The molecule has 0 spiro atoms. The van der Waals surface area contributed by atoms with E-state index in [0.717, 1.165) is 38.5 Å². The van der Waals surface area contributed by atoms with E-state index >= 15 is 0 Å². The van der Waals surface area contributed by atoms with Crippen molar-refractivity contribution in [3.05, 3.63) is 34.2 Å². The highest BCUT2D eigenvalue weighted by Gasteiger charge is 2.49. The van der Waals surface area contributed by atoms with Crippen LogP contribution >= 0.6 is 22.1 Å². The Hall–Kier alpha value is -0.450. The van der Waals surface area contributed by atoms with E-state index in [1.807, 2.05) is 0 Å².